The molecule has 0 saturated heterocycles. The van der Waals surface area contributed by atoms with Crippen molar-refractivity contribution in [2.24, 2.45) is 11.3 Å². The third-order valence-electron chi connectivity index (χ3n) is 3.84. The molecule has 4 heteroatoms. The maximum atomic E-state index is 6.13. The highest BCUT2D eigenvalue weighted by Crippen LogP contribution is 2.38. The molecule has 0 aromatic heterocycles. The molecule has 20 heavy (non-hydrogen) atoms. The van der Waals surface area contributed by atoms with Crippen molar-refractivity contribution < 1.29 is 0 Å². The molecule has 1 aromatic carbocycles. The molecule has 1 aliphatic rings. The fourth-order valence-electron chi connectivity index (χ4n) is 3.36. The van der Waals surface area contributed by atoms with Gasteiger partial charge in [-0.2, -0.15) is 0 Å². The number of halogens is 1. The van der Waals surface area contributed by atoms with Gasteiger partial charge in [-0.3, -0.25) is 0 Å². The molecule has 1 fully saturated rings. The third kappa shape index (κ3) is 4.35. The molecule has 2 nitrogen and oxygen atoms in total. The minimum atomic E-state index is 0.384. The van der Waals surface area contributed by atoms with Gasteiger partial charge in [0, 0.05) is 6.04 Å². The quantitative estimate of drug-likeness (QED) is 0.764. The van der Waals surface area contributed by atoms with Crippen LogP contribution in [0.5, 0.6) is 0 Å². The smallest absolute Gasteiger partial charge is 0.171 e. The average Bonchev–Trinajstić information content (AvgIpc) is 2.29. The molecule has 2 rings (SSSR count). The zero-order valence-corrected chi connectivity index (χ0v) is 13.9. The van der Waals surface area contributed by atoms with Crippen molar-refractivity contribution in [3.63, 3.8) is 0 Å². The Hall–Kier alpha value is -0.800. The first-order chi connectivity index (χ1) is 9.35. The standard InChI is InChI=1S/C16H23ClN2S/c1-11-8-12(10-16(2,3)9-11)18-15(20)19-14-7-5-4-6-13(14)17/h4-7,11-12H,8-10H2,1-3H3,(H2,18,19,20). The first-order valence-electron chi connectivity index (χ1n) is 7.18. The fraction of sp³-hybridized carbons (Fsp3) is 0.562. The highest BCUT2D eigenvalue weighted by molar-refractivity contribution is 7.80. The summed E-state index contributed by atoms with van der Waals surface area (Å²) in [4.78, 5) is 0. The fourth-order valence-corrected chi connectivity index (χ4v) is 3.82. The first-order valence-corrected chi connectivity index (χ1v) is 7.96. The van der Waals surface area contributed by atoms with Crippen LogP contribution < -0.4 is 10.6 Å². The number of hydrogen-bond acceptors (Lipinski definition) is 1. The van der Waals surface area contributed by atoms with Crippen LogP contribution >= 0.6 is 23.8 Å². The summed E-state index contributed by atoms with van der Waals surface area (Å²) in [7, 11) is 0. The van der Waals surface area contributed by atoms with Gasteiger partial charge in [-0.05, 0) is 54.9 Å². The molecular formula is C16H23ClN2S. The van der Waals surface area contributed by atoms with Crippen molar-refractivity contribution >= 4 is 34.6 Å². The number of anilines is 1. The average molecular weight is 311 g/mol. The van der Waals surface area contributed by atoms with Crippen molar-refractivity contribution in [1.82, 2.24) is 5.32 Å². The minimum Gasteiger partial charge on any atom is -0.360 e. The van der Waals surface area contributed by atoms with E-state index in [1.165, 1.54) is 12.8 Å². The molecule has 0 aliphatic heterocycles. The van der Waals surface area contributed by atoms with E-state index in [9.17, 15) is 0 Å². The summed E-state index contributed by atoms with van der Waals surface area (Å²) in [6.07, 6.45) is 3.62. The number of benzene rings is 1. The molecule has 0 radical (unpaired) electrons. The topological polar surface area (TPSA) is 24.1 Å². The van der Waals surface area contributed by atoms with Crippen molar-refractivity contribution in [2.45, 2.75) is 46.1 Å². The van der Waals surface area contributed by atoms with Crippen molar-refractivity contribution in [1.29, 1.82) is 0 Å². The molecular weight excluding hydrogens is 288 g/mol. The van der Waals surface area contributed by atoms with Gasteiger partial charge in [0.05, 0.1) is 10.7 Å². The van der Waals surface area contributed by atoms with Crippen LogP contribution in [0.1, 0.15) is 40.0 Å². The van der Waals surface area contributed by atoms with E-state index in [-0.39, 0.29) is 0 Å². The molecule has 2 N–H and O–H groups in total. The minimum absolute atomic E-state index is 0.384. The molecule has 1 aliphatic carbocycles. The maximum absolute atomic E-state index is 6.13. The Labute approximate surface area is 132 Å². The maximum Gasteiger partial charge on any atom is 0.171 e. The Bertz CT molecular complexity index is 487. The summed E-state index contributed by atoms with van der Waals surface area (Å²) >= 11 is 11.5. The van der Waals surface area contributed by atoms with Gasteiger partial charge in [0.2, 0.25) is 0 Å². The van der Waals surface area contributed by atoms with Crippen LogP contribution in [0, 0.1) is 11.3 Å². The second-order valence-corrected chi connectivity index (χ2v) is 7.50. The van der Waals surface area contributed by atoms with E-state index in [0.29, 0.717) is 21.6 Å². The normalized spacial score (nSPS) is 25.0. The summed E-state index contributed by atoms with van der Waals surface area (Å²) in [6, 6.07) is 8.09. The Kier molecular flexibility index (Phi) is 4.92. The Morgan fingerprint density at radius 2 is 2.00 bits per heavy atom. The van der Waals surface area contributed by atoms with Crippen LogP contribution in [0.4, 0.5) is 5.69 Å². The zero-order valence-electron chi connectivity index (χ0n) is 12.4. The third-order valence-corrected chi connectivity index (χ3v) is 4.39. The lowest BCUT2D eigenvalue weighted by molar-refractivity contribution is 0.162. The van der Waals surface area contributed by atoms with Gasteiger partial charge >= 0.3 is 0 Å². The van der Waals surface area contributed by atoms with Gasteiger partial charge in [-0.25, -0.2) is 0 Å². The Morgan fingerprint density at radius 1 is 1.30 bits per heavy atom. The first kappa shape index (κ1) is 15.6. The molecule has 1 aromatic rings. The van der Waals surface area contributed by atoms with Gasteiger partial charge in [-0.15, -0.1) is 0 Å². The van der Waals surface area contributed by atoms with Gasteiger partial charge in [0.1, 0.15) is 0 Å². The van der Waals surface area contributed by atoms with E-state index >= 15 is 0 Å². The van der Waals surface area contributed by atoms with Crippen molar-refractivity contribution in [3.8, 4) is 0 Å². The van der Waals surface area contributed by atoms with Crippen LogP contribution in [0.25, 0.3) is 0 Å². The van der Waals surface area contributed by atoms with Crippen LogP contribution in [-0.4, -0.2) is 11.2 Å². The molecule has 2 atom stereocenters. The SMILES string of the molecule is CC1CC(NC(=S)Nc2ccccc2Cl)CC(C)(C)C1. The molecule has 0 spiro atoms. The van der Waals surface area contributed by atoms with E-state index in [4.69, 9.17) is 23.8 Å². The monoisotopic (exact) mass is 310 g/mol. The molecule has 0 bridgehead atoms. The summed E-state index contributed by atoms with van der Waals surface area (Å²) in [5.74, 6) is 0.736. The molecule has 1 saturated carbocycles. The molecule has 0 heterocycles. The number of hydrogen-bond donors (Lipinski definition) is 2. The van der Waals surface area contributed by atoms with Gasteiger partial charge in [-0.1, -0.05) is 44.5 Å². The second kappa shape index (κ2) is 6.31. The van der Waals surface area contributed by atoms with Crippen LogP contribution in [-0.2, 0) is 0 Å². The van der Waals surface area contributed by atoms with E-state index in [0.717, 1.165) is 18.0 Å². The van der Waals surface area contributed by atoms with E-state index < -0.39 is 0 Å². The van der Waals surface area contributed by atoms with Gasteiger partial charge in [0.25, 0.3) is 0 Å². The summed E-state index contributed by atoms with van der Waals surface area (Å²) in [5.41, 5.74) is 1.24. The number of thiocarbonyl (C=S) groups is 1. The molecule has 110 valence electrons. The number of nitrogens with one attached hydrogen (secondary N) is 2. The van der Waals surface area contributed by atoms with Crippen LogP contribution in [0.3, 0.4) is 0 Å². The highest BCUT2D eigenvalue weighted by Gasteiger charge is 2.32. The summed E-state index contributed by atoms with van der Waals surface area (Å²) < 4.78 is 0. The predicted molar refractivity (Wildman–Crippen MR) is 91.4 cm³/mol. The van der Waals surface area contributed by atoms with Gasteiger partial charge in [0.15, 0.2) is 5.11 Å². The number of rotatable bonds is 2. The largest absolute Gasteiger partial charge is 0.360 e. The predicted octanol–water partition coefficient (Wildman–Crippen LogP) is 4.84. The van der Waals surface area contributed by atoms with E-state index in [1.807, 2.05) is 24.3 Å². The summed E-state index contributed by atoms with van der Waals surface area (Å²) in [6.45, 7) is 6.99. The highest BCUT2D eigenvalue weighted by atomic mass is 35.5. The molecule has 2 unspecified atom stereocenters. The Balaban J connectivity index is 1.93. The van der Waals surface area contributed by atoms with Crippen LogP contribution in [0.2, 0.25) is 5.02 Å². The lowest BCUT2D eigenvalue weighted by Gasteiger charge is -2.39. The second-order valence-electron chi connectivity index (χ2n) is 6.69. The molecule has 0 amide bonds. The lowest BCUT2D eigenvalue weighted by atomic mass is 9.71. The lowest BCUT2D eigenvalue weighted by Crippen LogP contribution is -2.44. The van der Waals surface area contributed by atoms with Crippen LogP contribution in [0.15, 0.2) is 24.3 Å². The van der Waals surface area contributed by atoms with E-state index in [1.54, 1.807) is 0 Å². The van der Waals surface area contributed by atoms with Gasteiger partial charge < -0.3 is 10.6 Å². The zero-order chi connectivity index (χ0) is 14.8. The van der Waals surface area contributed by atoms with E-state index in [2.05, 4.69) is 31.4 Å². The Morgan fingerprint density at radius 3 is 2.65 bits per heavy atom. The number of para-hydroxylation sites is 1. The summed E-state index contributed by atoms with van der Waals surface area (Å²) in [5, 5.41) is 7.98. The van der Waals surface area contributed by atoms with Crippen molar-refractivity contribution in [2.75, 3.05) is 5.32 Å². The van der Waals surface area contributed by atoms with Crippen molar-refractivity contribution in [3.05, 3.63) is 29.3 Å².